The van der Waals surface area contributed by atoms with Crippen LogP contribution in [0.15, 0.2) is 48.5 Å². The van der Waals surface area contributed by atoms with E-state index < -0.39 is 17.8 Å². The standard InChI is InChI=1S/C22H25FN2O4/c1-2-19(29-20-12-6-4-10-17(20)23)22(27)25-18-11-5-3-9-16(18)21(26)24-14-15-8-7-13-28-15/h3-6,9-12,15,19H,2,7-8,13-14H2,1H3,(H,24,26)(H,25,27)/t15-,19-/m0/s1. The lowest BCUT2D eigenvalue weighted by Gasteiger charge is -2.19. The summed E-state index contributed by atoms with van der Waals surface area (Å²) < 4.78 is 24.9. The van der Waals surface area contributed by atoms with Gasteiger partial charge in [0.1, 0.15) is 0 Å². The molecule has 0 aromatic heterocycles. The quantitative estimate of drug-likeness (QED) is 0.711. The summed E-state index contributed by atoms with van der Waals surface area (Å²) >= 11 is 0. The fourth-order valence-electron chi connectivity index (χ4n) is 3.13. The number of carbonyl (C=O) groups excluding carboxylic acids is 2. The number of carbonyl (C=O) groups is 2. The van der Waals surface area contributed by atoms with Gasteiger partial charge in [-0.25, -0.2) is 4.39 Å². The van der Waals surface area contributed by atoms with Gasteiger partial charge in [-0.1, -0.05) is 31.2 Å². The minimum Gasteiger partial charge on any atom is -0.478 e. The van der Waals surface area contributed by atoms with Crippen molar-refractivity contribution in [1.29, 1.82) is 0 Å². The Labute approximate surface area is 169 Å². The molecule has 1 aliphatic heterocycles. The zero-order valence-corrected chi connectivity index (χ0v) is 16.3. The molecule has 6 nitrogen and oxygen atoms in total. The summed E-state index contributed by atoms with van der Waals surface area (Å²) in [7, 11) is 0. The molecule has 3 rings (SSSR count). The molecular weight excluding hydrogens is 375 g/mol. The Hall–Kier alpha value is -2.93. The molecule has 2 atom stereocenters. The first-order chi connectivity index (χ1) is 14.1. The monoisotopic (exact) mass is 400 g/mol. The molecule has 2 amide bonds. The molecule has 1 fully saturated rings. The number of para-hydroxylation sites is 2. The second kappa shape index (κ2) is 10.0. The summed E-state index contributed by atoms with van der Waals surface area (Å²) in [6, 6.07) is 12.7. The van der Waals surface area contributed by atoms with Crippen molar-refractivity contribution in [3.63, 3.8) is 0 Å². The van der Waals surface area contributed by atoms with Gasteiger partial charge in [0.25, 0.3) is 11.8 Å². The minimum absolute atomic E-state index is 0.0112. The molecule has 0 aliphatic carbocycles. The third-order valence-corrected chi connectivity index (χ3v) is 4.71. The molecule has 2 aromatic rings. The van der Waals surface area contributed by atoms with Crippen LogP contribution in [0.1, 0.15) is 36.5 Å². The van der Waals surface area contributed by atoms with E-state index in [0.29, 0.717) is 30.8 Å². The van der Waals surface area contributed by atoms with E-state index in [1.54, 1.807) is 43.3 Å². The fraction of sp³-hybridized carbons (Fsp3) is 0.364. The predicted octanol–water partition coefficient (Wildman–Crippen LogP) is 3.53. The van der Waals surface area contributed by atoms with Crippen molar-refractivity contribution in [1.82, 2.24) is 5.32 Å². The number of hydrogen-bond donors (Lipinski definition) is 2. The molecule has 0 unspecified atom stereocenters. The topological polar surface area (TPSA) is 76.7 Å². The molecule has 0 spiro atoms. The normalized spacial score (nSPS) is 16.8. The Morgan fingerprint density at radius 3 is 2.69 bits per heavy atom. The largest absolute Gasteiger partial charge is 0.478 e. The van der Waals surface area contributed by atoms with Crippen LogP contribution >= 0.6 is 0 Å². The van der Waals surface area contributed by atoms with Crippen LogP contribution in [0.3, 0.4) is 0 Å². The summed E-state index contributed by atoms with van der Waals surface area (Å²) in [6.07, 6.45) is 1.39. The zero-order chi connectivity index (χ0) is 20.6. The first kappa shape index (κ1) is 20.8. The van der Waals surface area contributed by atoms with E-state index in [0.717, 1.165) is 12.8 Å². The van der Waals surface area contributed by atoms with Gasteiger partial charge >= 0.3 is 0 Å². The molecule has 7 heteroatoms. The molecule has 2 aromatic carbocycles. The van der Waals surface area contributed by atoms with E-state index >= 15 is 0 Å². The summed E-state index contributed by atoms with van der Waals surface area (Å²) in [5.74, 6) is -1.26. The van der Waals surface area contributed by atoms with Gasteiger partial charge in [0, 0.05) is 13.2 Å². The van der Waals surface area contributed by atoms with Crippen molar-refractivity contribution in [3.8, 4) is 5.75 Å². The van der Waals surface area contributed by atoms with E-state index in [2.05, 4.69) is 10.6 Å². The van der Waals surface area contributed by atoms with E-state index in [9.17, 15) is 14.0 Å². The van der Waals surface area contributed by atoms with Crippen LogP contribution in [0, 0.1) is 5.82 Å². The highest BCUT2D eigenvalue weighted by molar-refractivity contribution is 6.04. The lowest BCUT2D eigenvalue weighted by molar-refractivity contribution is -0.122. The molecule has 0 radical (unpaired) electrons. The fourth-order valence-corrected chi connectivity index (χ4v) is 3.13. The average Bonchev–Trinajstić information content (AvgIpc) is 3.25. The number of ether oxygens (including phenoxy) is 2. The van der Waals surface area contributed by atoms with Crippen LogP contribution in [0.5, 0.6) is 5.75 Å². The number of halogens is 1. The number of benzene rings is 2. The first-order valence-electron chi connectivity index (χ1n) is 9.79. The van der Waals surface area contributed by atoms with Gasteiger partial charge in [0.2, 0.25) is 0 Å². The highest BCUT2D eigenvalue weighted by atomic mass is 19.1. The summed E-state index contributed by atoms with van der Waals surface area (Å²) in [5.41, 5.74) is 0.720. The van der Waals surface area contributed by atoms with Gasteiger partial charge in [-0.15, -0.1) is 0 Å². The molecule has 29 heavy (non-hydrogen) atoms. The number of amides is 2. The first-order valence-corrected chi connectivity index (χ1v) is 9.79. The van der Waals surface area contributed by atoms with Crippen LogP contribution in [0.2, 0.25) is 0 Å². The smallest absolute Gasteiger partial charge is 0.265 e. The summed E-state index contributed by atoms with van der Waals surface area (Å²) in [4.78, 5) is 25.3. The molecular formula is C22H25FN2O4. The molecule has 1 saturated heterocycles. The summed E-state index contributed by atoms with van der Waals surface area (Å²) in [6.45, 7) is 2.91. The van der Waals surface area contributed by atoms with E-state index in [-0.39, 0.29) is 17.8 Å². The number of nitrogens with one attached hydrogen (secondary N) is 2. The van der Waals surface area contributed by atoms with Crippen molar-refractivity contribution >= 4 is 17.5 Å². The second-order valence-corrected chi connectivity index (χ2v) is 6.83. The van der Waals surface area contributed by atoms with Crippen LogP contribution < -0.4 is 15.4 Å². The van der Waals surface area contributed by atoms with Crippen LogP contribution in [-0.2, 0) is 9.53 Å². The number of hydrogen-bond acceptors (Lipinski definition) is 4. The molecule has 0 bridgehead atoms. The highest BCUT2D eigenvalue weighted by Gasteiger charge is 2.23. The van der Waals surface area contributed by atoms with Crippen LogP contribution in [0.4, 0.5) is 10.1 Å². The van der Waals surface area contributed by atoms with Gasteiger partial charge in [0.15, 0.2) is 17.7 Å². The Morgan fingerprint density at radius 1 is 1.21 bits per heavy atom. The lowest BCUT2D eigenvalue weighted by atomic mass is 10.1. The minimum atomic E-state index is -0.894. The highest BCUT2D eigenvalue weighted by Crippen LogP contribution is 2.20. The maximum absolute atomic E-state index is 13.8. The van der Waals surface area contributed by atoms with E-state index in [1.807, 2.05) is 0 Å². The predicted molar refractivity (Wildman–Crippen MR) is 107 cm³/mol. The van der Waals surface area contributed by atoms with Crippen LogP contribution in [0.25, 0.3) is 0 Å². The van der Waals surface area contributed by atoms with Crippen molar-refractivity contribution in [2.75, 3.05) is 18.5 Å². The van der Waals surface area contributed by atoms with Crippen LogP contribution in [-0.4, -0.2) is 37.2 Å². The second-order valence-electron chi connectivity index (χ2n) is 6.83. The van der Waals surface area contributed by atoms with Gasteiger partial charge in [0.05, 0.1) is 17.4 Å². The van der Waals surface area contributed by atoms with Gasteiger partial charge in [-0.05, 0) is 43.5 Å². The Bertz CT molecular complexity index is 852. The average molecular weight is 400 g/mol. The lowest BCUT2D eigenvalue weighted by Crippen LogP contribution is -2.35. The van der Waals surface area contributed by atoms with E-state index in [4.69, 9.17) is 9.47 Å². The summed E-state index contributed by atoms with van der Waals surface area (Å²) in [5, 5.41) is 5.58. The molecule has 1 aliphatic rings. The Kier molecular flexibility index (Phi) is 7.19. The SMILES string of the molecule is CC[C@H](Oc1ccccc1F)C(=O)Nc1ccccc1C(=O)NC[C@@H]1CCCO1. The number of anilines is 1. The van der Waals surface area contributed by atoms with Gasteiger partial charge in [-0.3, -0.25) is 9.59 Å². The van der Waals surface area contributed by atoms with Crippen molar-refractivity contribution in [2.24, 2.45) is 0 Å². The molecule has 1 heterocycles. The molecule has 2 N–H and O–H groups in total. The van der Waals surface area contributed by atoms with Crippen molar-refractivity contribution < 1.29 is 23.5 Å². The third-order valence-electron chi connectivity index (χ3n) is 4.71. The maximum Gasteiger partial charge on any atom is 0.265 e. The molecule has 0 saturated carbocycles. The number of rotatable bonds is 8. The maximum atomic E-state index is 13.8. The third kappa shape index (κ3) is 5.54. The Balaban J connectivity index is 1.66. The van der Waals surface area contributed by atoms with Gasteiger partial charge < -0.3 is 20.1 Å². The van der Waals surface area contributed by atoms with E-state index in [1.165, 1.54) is 12.1 Å². The van der Waals surface area contributed by atoms with Crippen molar-refractivity contribution in [3.05, 3.63) is 59.9 Å². The molecule has 154 valence electrons. The van der Waals surface area contributed by atoms with Crippen molar-refractivity contribution in [2.45, 2.75) is 38.4 Å². The zero-order valence-electron chi connectivity index (χ0n) is 16.3. The Morgan fingerprint density at radius 2 is 1.97 bits per heavy atom. The van der Waals surface area contributed by atoms with Gasteiger partial charge in [-0.2, -0.15) is 0 Å².